The van der Waals surface area contributed by atoms with Crippen molar-refractivity contribution in [3.05, 3.63) is 52.3 Å². The lowest BCUT2D eigenvalue weighted by atomic mass is 9.97. The highest BCUT2D eigenvalue weighted by Gasteiger charge is 2.25. The van der Waals surface area contributed by atoms with Gasteiger partial charge in [-0.1, -0.05) is 0 Å². The van der Waals surface area contributed by atoms with Crippen molar-refractivity contribution in [3.63, 3.8) is 0 Å². The number of methoxy groups -OCH3 is 2. The van der Waals surface area contributed by atoms with E-state index >= 15 is 0 Å². The number of hydrogen-bond acceptors (Lipinski definition) is 4. The molecule has 0 bridgehead atoms. The van der Waals surface area contributed by atoms with Crippen LogP contribution in [0.2, 0.25) is 0 Å². The van der Waals surface area contributed by atoms with E-state index in [1.54, 1.807) is 38.2 Å². The number of hydrogen-bond donors (Lipinski definition) is 0. The molecule has 3 rings (SSSR count). The van der Waals surface area contributed by atoms with Gasteiger partial charge in [0.2, 0.25) is 0 Å². The fourth-order valence-corrected chi connectivity index (χ4v) is 3.12. The van der Waals surface area contributed by atoms with Crippen LogP contribution in [0.1, 0.15) is 27.0 Å². The van der Waals surface area contributed by atoms with Crippen LogP contribution in [0.15, 0.2) is 24.3 Å². The molecule has 0 saturated carbocycles. The van der Waals surface area contributed by atoms with Gasteiger partial charge in [0, 0.05) is 25.2 Å². The van der Waals surface area contributed by atoms with Gasteiger partial charge < -0.3 is 14.4 Å². The van der Waals surface area contributed by atoms with E-state index in [4.69, 9.17) is 9.47 Å². The summed E-state index contributed by atoms with van der Waals surface area (Å²) in [4.78, 5) is 14.7. The Morgan fingerprint density at radius 2 is 1.46 bits per heavy atom. The smallest absolute Gasteiger partial charge is 0.193 e. The highest BCUT2D eigenvalue weighted by atomic mass is 19.1. The van der Waals surface area contributed by atoms with E-state index in [1.807, 2.05) is 6.07 Å². The van der Waals surface area contributed by atoms with Crippen molar-refractivity contribution >= 4 is 11.5 Å². The van der Waals surface area contributed by atoms with Crippen LogP contribution in [-0.2, 0) is 12.8 Å². The van der Waals surface area contributed by atoms with Crippen LogP contribution in [0.4, 0.5) is 10.1 Å². The molecule has 0 radical (unpaired) electrons. The standard InChI is InChI=1S/C19H20FNO3/c1-21(2)16-7-11-5-6-12-8-17(23-3)18(24-4)10-14(12)19(22)13(11)9-15(16)20/h7-10H,5-6H2,1-4H3. The molecule has 0 atom stereocenters. The van der Waals surface area contributed by atoms with Gasteiger partial charge in [-0.25, -0.2) is 4.39 Å². The average molecular weight is 329 g/mol. The van der Waals surface area contributed by atoms with E-state index in [2.05, 4.69) is 0 Å². The van der Waals surface area contributed by atoms with Gasteiger partial charge in [0.15, 0.2) is 17.3 Å². The van der Waals surface area contributed by atoms with Gasteiger partial charge in [-0.3, -0.25) is 4.79 Å². The minimum atomic E-state index is -0.393. The Labute approximate surface area is 140 Å². The molecule has 4 nitrogen and oxygen atoms in total. The predicted molar refractivity (Wildman–Crippen MR) is 91.1 cm³/mol. The van der Waals surface area contributed by atoms with Crippen molar-refractivity contribution in [1.29, 1.82) is 0 Å². The molecule has 0 aromatic heterocycles. The summed E-state index contributed by atoms with van der Waals surface area (Å²) in [7, 11) is 6.67. The number of nitrogens with zero attached hydrogens (tertiary/aromatic N) is 1. The summed E-state index contributed by atoms with van der Waals surface area (Å²) < 4.78 is 25.0. The lowest BCUT2D eigenvalue weighted by molar-refractivity contribution is 0.103. The van der Waals surface area contributed by atoms with Crippen molar-refractivity contribution in [2.24, 2.45) is 0 Å². The zero-order chi connectivity index (χ0) is 17.4. The van der Waals surface area contributed by atoms with Gasteiger partial charge in [0.25, 0.3) is 0 Å². The minimum absolute atomic E-state index is 0.178. The summed E-state index contributed by atoms with van der Waals surface area (Å²) in [6, 6.07) is 6.63. The van der Waals surface area contributed by atoms with Gasteiger partial charge in [-0.05, 0) is 48.2 Å². The quantitative estimate of drug-likeness (QED) is 0.866. The molecule has 0 heterocycles. The van der Waals surface area contributed by atoms with E-state index in [0.717, 1.165) is 11.1 Å². The van der Waals surface area contributed by atoms with Gasteiger partial charge >= 0.3 is 0 Å². The number of carbonyl (C=O) groups is 1. The Bertz CT molecular complexity index is 815. The molecule has 0 saturated heterocycles. The predicted octanol–water partition coefficient (Wildman–Crippen LogP) is 3.24. The van der Waals surface area contributed by atoms with E-state index in [1.165, 1.54) is 13.2 Å². The maximum Gasteiger partial charge on any atom is 0.193 e. The molecular weight excluding hydrogens is 309 g/mol. The van der Waals surface area contributed by atoms with Gasteiger partial charge in [-0.15, -0.1) is 0 Å². The van der Waals surface area contributed by atoms with Gasteiger partial charge in [0.05, 0.1) is 19.9 Å². The van der Waals surface area contributed by atoms with E-state index < -0.39 is 5.82 Å². The highest BCUT2D eigenvalue weighted by molar-refractivity contribution is 6.12. The summed E-state index contributed by atoms with van der Waals surface area (Å²) in [5, 5.41) is 0. The Kier molecular flexibility index (Phi) is 4.18. The van der Waals surface area contributed by atoms with E-state index in [0.29, 0.717) is 41.2 Å². The first-order chi connectivity index (χ1) is 11.5. The van der Waals surface area contributed by atoms with Gasteiger partial charge in [0.1, 0.15) is 5.82 Å². The third-order valence-corrected chi connectivity index (χ3v) is 4.42. The molecule has 0 amide bonds. The van der Waals surface area contributed by atoms with Crippen molar-refractivity contribution in [3.8, 4) is 11.5 Å². The van der Waals surface area contributed by atoms with Crippen LogP contribution < -0.4 is 14.4 Å². The molecule has 0 aliphatic heterocycles. The number of ether oxygens (including phenoxy) is 2. The Balaban J connectivity index is 2.16. The number of anilines is 1. The van der Waals surface area contributed by atoms with Crippen molar-refractivity contribution < 1.29 is 18.7 Å². The molecule has 0 fully saturated rings. The second-order valence-electron chi connectivity index (χ2n) is 6.05. The maximum absolute atomic E-state index is 14.3. The first kappa shape index (κ1) is 16.3. The fraction of sp³-hybridized carbons (Fsp3) is 0.316. The average Bonchev–Trinajstić information content (AvgIpc) is 2.70. The molecule has 2 aromatic carbocycles. The second-order valence-corrected chi connectivity index (χ2v) is 6.05. The zero-order valence-electron chi connectivity index (χ0n) is 14.3. The third kappa shape index (κ3) is 2.60. The Hall–Kier alpha value is -2.56. The van der Waals surface area contributed by atoms with Crippen molar-refractivity contribution in [1.82, 2.24) is 0 Å². The van der Waals surface area contributed by atoms with Crippen LogP contribution in [-0.4, -0.2) is 34.1 Å². The number of ketones is 1. The van der Waals surface area contributed by atoms with Crippen molar-refractivity contribution in [2.75, 3.05) is 33.2 Å². The number of halogens is 1. The third-order valence-electron chi connectivity index (χ3n) is 4.42. The summed E-state index contributed by atoms with van der Waals surface area (Å²) in [5.74, 6) is 0.521. The van der Waals surface area contributed by atoms with E-state index in [9.17, 15) is 9.18 Å². The van der Waals surface area contributed by atoms with Crippen LogP contribution in [0, 0.1) is 5.82 Å². The number of rotatable bonds is 3. The number of fused-ring (bicyclic) bond motifs is 2. The Morgan fingerprint density at radius 3 is 2.04 bits per heavy atom. The Morgan fingerprint density at radius 1 is 0.917 bits per heavy atom. The maximum atomic E-state index is 14.3. The first-order valence-electron chi connectivity index (χ1n) is 7.75. The largest absolute Gasteiger partial charge is 0.493 e. The summed E-state index contributed by atoms with van der Waals surface area (Å²) in [6.07, 6.45) is 1.36. The van der Waals surface area contributed by atoms with Gasteiger partial charge in [-0.2, -0.15) is 0 Å². The lowest BCUT2D eigenvalue weighted by Gasteiger charge is -2.16. The SMILES string of the molecule is COc1cc2c(cc1OC)C(=O)c1cc(F)c(N(C)C)cc1CC2. The fourth-order valence-electron chi connectivity index (χ4n) is 3.12. The molecular formula is C19H20FNO3. The molecule has 0 N–H and O–H groups in total. The normalized spacial score (nSPS) is 13.0. The number of benzene rings is 2. The molecule has 5 heteroatoms. The number of aryl methyl sites for hydroxylation is 2. The van der Waals surface area contributed by atoms with Crippen LogP contribution in [0.5, 0.6) is 11.5 Å². The molecule has 1 aliphatic rings. The lowest BCUT2D eigenvalue weighted by Crippen LogP contribution is -2.13. The first-order valence-corrected chi connectivity index (χ1v) is 7.75. The van der Waals surface area contributed by atoms with Crippen LogP contribution >= 0.6 is 0 Å². The number of carbonyl (C=O) groups excluding carboxylic acids is 1. The van der Waals surface area contributed by atoms with Crippen molar-refractivity contribution in [2.45, 2.75) is 12.8 Å². The monoisotopic (exact) mass is 329 g/mol. The molecule has 0 spiro atoms. The summed E-state index contributed by atoms with van der Waals surface area (Å²) in [5.41, 5.74) is 3.20. The second kappa shape index (κ2) is 6.15. The molecule has 126 valence electrons. The molecule has 1 aliphatic carbocycles. The van der Waals surface area contributed by atoms with Crippen LogP contribution in [0.3, 0.4) is 0 Å². The minimum Gasteiger partial charge on any atom is -0.493 e. The zero-order valence-corrected chi connectivity index (χ0v) is 14.3. The highest BCUT2D eigenvalue weighted by Crippen LogP contribution is 2.35. The molecule has 24 heavy (non-hydrogen) atoms. The summed E-state index contributed by atoms with van der Waals surface area (Å²) >= 11 is 0. The molecule has 0 unspecified atom stereocenters. The summed E-state index contributed by atoms with van der Waals surface area (Å²) in [6.45, 7) is 0. The topological polar surface area (TPSA) is 38.8 Å². The molecule has 2 aromatic rings. The van der Waals surface area contributed by atoms with E-state index in [-0.39, 0.29) is 5.78 Å². The van der Waals surface area contributed by atoms with Crippen LogP contribution in [0.25, 0.3) is 0 Å².